The molecular formula is C9H9BrO2. The standard InChI is InChI=1S/C9H9BrO2/c1-5-4-7-6(2-3-12-7)9(11)8(5)10/h4,11H,2-3H2,1H3. The van der Waals surface area contributed by atoms with Crippen molar-refractivity contribution in [3.8, 4) is 11.5 Å². The van der Waals surface area contributed by atoms with E-state index in [0.717, 1.165) is 27.8 Å². The molecule has 2 rings (SSSR count). The predicted octanol–water partition coefficient (Wildman–Crippen LogP) is 2.40. The van der Waals surface area contributed by atoms with Crippen molar-refractivity contribution in [2.75, 3.05) is 6.61 Å². The third kappa shape index (κ3) is 1.00. The molecule has 1 aliphatic rings. The van der Waals surface area contributed by atoms with Crippen LogP contribution in [0.15, 0.2) is 10.5 Å². The molecule has 1 N–H and O–H groups in total. The Morgan fingerprint density at radius 1 is 1.58 bits per heavy atom. The van der Waals surface area contributed by atoms with Crippen LogP contribution < -0.4 is 4.74 Å². The molecule has 1 aromatic rings. The minimum absolute atomic E-state index is 0.336. The molecule has 0 saturated heterocycles. The molecule has 0 bridgehead atoms. The quantitative estimate of drug-likeness (QED) is 0.740. The Kier molecular flexibility index (Phi) is 1.76. The first-order chi connectivity index (χ1) is 5.70. The number of fused-ring (bicyclic) bond motifs is 1. The molecule has 0 amide bonds. The highest BCUT2D eigenvalue weighted by atomic mass is 79.9. The van der Waals surface area contributed by atoms with E-state index in [-0.39, 0.29) is 0 Å². The maximum atomic E-state index is 9.67. The van der Waals surface area contributed by atoms with Gasteiger partial charge in [0.1, 0.15) is 11.5 Å². The molecule has 0 radical (unpaired) electrons. The summed E-state index contributed by atoms with van der Waals surface area (Å²) < 4.78 is 6.12. The SMILES string of the molecule is Cc1cc2c(c(O)c1Br)CCO2. The number of rotatable bonds is 0. The Bertz CT molecular complexity index is 334. The topological polar surface area (TPSA) is 29.5 Å². The molecule has 64 valence electrons. The van der Waals surface area contributed by atoms with E-state index < -0.39 is 0 Å². The lowest BCUT2D eigenvalue weighted by molar-refractivity contribution is 0.356. The first-order valence-electron chi connectivity index (χ1n) is 3.84. The summed E-state index contributed by atoms with van der Waals surface area (Å²) in [5, 5.41) is 9.67. The minimum atomic E-state index is 0.336. The predicted molar refractivity (Wildman–Crippen MR) is 49.7 cm³/mol. The number of ether oxygens (including phenoxy) is 1. The van der Waals surface area contributed by atoms with Crippen LogP contribution >= 0.6 is 15.9 Å². The molecule has 0 spiro atoms. The Balaban J connectivity index is 2.67. The van der Waals surface area contributed by atoms with Crippen molar-refractivity contribution in [2.24, 2.45) is 0 Å². The van der Waals surface area contributed by atoms with Crippen LogP contribution in [-0.2, 0) is 6.42 Å². The van der Waals surface area contributed by atoms with Crippen LogP contribution in [0, 0.1) is 6.92 Å². The number of phenols is 1. The van der Waals surface area contributed by atoms with Crippen molar-refractivity contribution in [3.63, 3.8) is 0 Å². The highest BCUT2D eigenvalue weighted by Gasteiger charge is 2.19. The van der Waals surface area contributed by atoms with Crippen molar-refractivity contribution in [1.82, 2.24) is 0 Å². The van der Waals surface area contributed by atoms with E-state index in [9.17, 15) is 5.11 Å². The lowest BCUT2D eigenvalue weighted by Crippen LogP contribution is -1.86. The fraction of sp³-hybridized carbons (Fsp3) is 0.333. The molecule has 0 atom stereocenters. The molecule has 0 saturated carbocycles. The molecule has 12 heavy (non-hydrogen) atoms. The number of aromatic hydroxyl groups is 1. The zero-order chi connectivity index (χ0) is 8.72. The lowest BCUT2D eigenvalue weighted by Gasteiger charge is -2.06. The number of hydrogen-bond acceptors (Lipinski definition) is 2. The summed E-state index contributed by atoms with van der Waals surface area (Å²) in [6, 6.07) is 1.95. The van der Waals surface area contributed by atoms with Gasteiger partial charge < -0.3 is 9.84 Å². The number of benzene rings is 1. The second-order valence-electron chi connectivity index (χ2n) is 2.93. The van der Waals surface area contributed by atoms with Gasteiger partial charge in [-0.15, -0.1) is 0 Å². The van der Waals surface area contributed by atoms with Crippen molar-refractivity contribution < 1.29 is 9.84 Å². The van der Waals surface area contributed by atoms with E-state index in [2.05, 4.69) is 15.9 Å². The van der Waals surface area contributed by atoms with Gasteiger partial charge in [-0.1, -0.05) is 0 Å². The fourth-order valence-corrected chi connectivity index (χ4v) is 1.77. The third-order valence-electron chi connectivity index (χ3n) is 2.09. The van der Waals surface area contributed by atoms with Gasteiger partial charge in [0.05, 0.1) is 11.1 Å². The molecule has 0 unspecified atom stereocenters. The maximum absolute atomic E-state index is 9.67. The summed E-state index contributed by atoms with van der Waals surface area (Å²) in [6.45, 7) is 2.62. The van der Waals surface area contributed by atoms with Crippen LogP contribution in [0.4, 0.5) is 0 Å². The number of halogens is 1. The summed E-state index contributed by atoms with van der Waals surface area (Å²) in [4.78, 5) is 0. The van der Waals surface area contributed by atoms with Gasteiger partial charge in [0.2, 0.25) is 0 Å². The summed E-state index contributed by atoms with van der Waals surface area (Å²) in [6.07, 6.45) is 0.806. The maximum Gasteiger partial charge on any atom is 0.137 e. The van der Waals surface area contributed by atoms with Crippen LogP contribution in [-0.4, -0.2) is 11.7 Å². The minimum Gasteiger partial charge on any atom is -0.506 e. The summed E-state index contributed by atoms with van der Waals surface area (Å²) in [5.41, 5.74) is 1.93. The molecule has 1 heterocycles. The Hall–Kier alpha value is -0.700. The molecule has 0 aromatic heterocycles. The highest BCUT2D eigenvalue weighted by molar-refractivity contribution is 9.10. The summed E-state index contributed by atoms with van der Waals surface area (Å²) >= 11 is 3.33. The number of aryl methyl sites for hydroxylation is 1. The average molecular weight is 229 g/mol. The van der Waals surface area contributed by atoms with Crippen LogP contribution in [0.25, 0.3) is 0 Å². The first-order valence-corrected chi connectivity index (χ1v) is 4.63. The van der Waals surface area contributed by atoms with E-state index in [4.69, 9.17) is 4.74 Å². The van der Waals surface area contributed by atoms with Gasteiger partial charge in [0.25, 0.3) is 0 Å². The van der Waals surface area contributed by atoms with Gasteiger partial charge in [-0.05, 0) is 34.5 Å². The molecule has 1 aromatic carbocycles. The molecule has 0 fully saturated rings. The van der Waals surface area contributed by atoms with Crippen molar-refractivity contribution in [1.29, 1.82) is 0 Å². The normalized spacial score (nSPS) is 14.2. The highest BCUT2D eigenvalue weighted by Crippen LogP contribution is 2.40. The Labute approximate surface area is 79.3 Å². The van der Waals surface area contributed by atoms with Crippen LogP contribution in [0.3, 0.4) is 0 Å². The fourth-order valence-electron chi connectivity index (χ4n) is 1.42. The van der Waals surface area contributed by atoms with Gasteiger partial charge in [0, 0.05) is 12.0 Å². The first kappa shape index (κ1) is 7.92. The van der Waals surface area contributed by atoms with Crippen molar-refractivity contribution >= 4 is 15.9 Å². The van der Waals surface area contributed by atoms with E-state index in [1.54, 1.807) is 0 Å². The van der Waals surface area contributed by atoms with E-state index in [0.29, 0.717) is 12.4 Å². The largest absolute Gasteiger partial charge is 0.506 e. The number of phenolic OH excluding ortho intramolecular Hbond substituents is 1. The molecule has 0 aliphatic carbocycles. The van der Waals surface area contributed by atoms with E-state index >= 15 is 0 Å². The van der Waals surface area contributed by atoms with Gasteiger partial charge >= 0.3 is 0 Å². The Morgan fingerprint density at radius 3 is 3.08 bits per heavy atom. The van der Waals surface area contributed by atoms with Crippen LogP contribution in [0.1, 0.15) is 11.1 Å². The van der Waals surface area contributed by atoms with Crippen LogP contribution in [0.5, 0.6) is 11.5 Å². The zero-order valence-electron chi connectivity index (χ0n) is 6.72. The second kappa shape index (κ2) is 2.66. The second-order valence-corrected chi connectivity index (χ2v) is 3.72. The van der Waals surface area contributed by atoms with Gasteiger partial charge in [-0.25, -0.2) is 0 Å². The molecular weight excluding hydrogens is 220 g/mol. The number of hydrogen-bond donors (Lipinski definition) is 1. The molecule has 3 heteroatoms. The average Bonchev–Trinajstić information content (AvgIpc) is 2.48. The van der Waals surface area contributed by atoms with E-state index in [1.165, 1.54) is 0 Å². The monoisotopic (exact) mass is 228 g/mol. The van der Waals surface area contributed by atoms with Gasteiger partial charge in [-0.2, -0.15) is 0 Å². The lowest BCUT2D eigenvalue weighted by atomic mass is 10.1. The summed E-state index contributed by atoms with van der Waals surface area (Å²) in [7, 11) is 0. The zero-order valence-corrected chi connectivity index (χ0v) is 8.31. The molecule has 2 nitrogen and oxygen atoms in total. The van der Waals surface area contributed by atoms with Gasteiger partial charge in [-0.3, -0.25) is 0 Å². The Morgan fingerprint density at radius 2 is 2.33 bits per heavy atom. The van der Waals surface area contributed by atoms with Crippen molar-refractivity contribution in [2.45, 2.75) is 13.3 Å². The third-order valence-corrected chi connectivity index (χ3v) is 3.10. The van der Waals surface area contributed by atoms with Gasteiger partial charge in [0.15, 0.2) is 0 Å². The van der Waals surface area contributed by atoms with Crippen molar-refractivity contribution in [3.05, 3.63) is 21.7 Å². The smallest absolute Gasteiger partial charge is 0.137 e. The van der Waals surface area contributed by atoms with Crippen LogP contribution in [0.2, 0.25) is 0 Å². The molecule has 1 aliphatic heterocycles. The summed E-state index contributed by atoms with van der Waals surface area (Å²) in [5.74, 6) is 1.16. The van der Waals surface area contributed by atoms with E-state index in [1.807, 2.05) is 13.0 Å².